The highest BCUT2D eigenvalue weighted by Gasteiger charge is 2.38. The third-order valence-corrected chi connectivity index (χ3v) is 4.73. The van der Waals surface area contributed by atoms with Gasteiger partial charge in [-0.3, -0.25) is 4.90 Å². The highest BCUT2D eigenvalue weighted by Crippen LogP contribution is 2.29. The van der Waals surface area contributed by atoms with Crippen LogP contribution in [0.5, 0.6) is 5.75 Å². The molecule has 0 unspecified atom stereocenters. The van der Waals surface area contributed by atoms with Crippen LogP contribution in [-0.2, 0) is 12.0 Å². The van der Waals surface area contributed by atoms with E-state index in [2.05, 4.69) is 6.07 Å². The number of nitrogens with zero attached hydrogens (tertiary/aromatic N) is 2. The Balaban J connectivity index is 1.90. The van der Waals surface area contributed by atoms with Crippen molar-refractivity contribution in [3.05, 3.63) is 102 Å². The molecule has 0 fully saturated rings. The van der Waals surface area contributed by atoms with Crippen molar-refractivity contribution in [1.29, 1.82) is 5.26 Å². The van der Waals surface area contributed by atoms with Gasteiger partial charge in [0.15, 0.2) is 5.54 Å². The van der Waals surface area contributed by atoms with Crippen LogP contribution < -0.4 is 4.74 Å². The van der Waals surface area contributed by atoms with E-state index < -0.39 is 11.6 Å². The second-order valence-corrected chi connectivity index (χ2v) is 6.62. The summed E-state index contributed by atoms with van der Waals surface area (Å²) in [5.74, 6) is 0.450. The Kier molecular flexibility index (Phi) is 6.08. The Morgan fingerprint density at radius 3 is 2.04 bits per heavy atom. The van der Waals surface area contributed by atoms with Gasteiger partial charge in [0.25, 0.3) is 0 Å². The molecule has 0 aliphatic heterocycles. The number of amides is 1. The molecule has 4 nitrogen and oxygen atoms in total. The molecule has 3 aromatic carbocycles. The Morgan fingerprint density at radius 2 is 1.46 bits per heavy atom. The molecule has 0 bridgehead atoms. The van der Waals surface area contributed by atoms with Crippen molar-refractivity contribution in [3.63, 3.8) is 0 Å². The van der Waals surface area contributed by atoms with Gasteiger partial charge in [-0.25, -0.2) is 4.79 Å². The summed E-state index contributed by atoms with van der Waals surface area (Å²) in [5.41, 5.74) is 0.686. The molecule has 0 aromatic heterocycles. The molecular formula is C24H22N2O2. The molecule has 3 aromatic rings. The van der Waals surface area contributed by atoms with E-state index in [1.54, 1.807) is 31.2 Å². The summed E-state index contributed by atoms with van der Waals surface area (Å²) in [6.45, 7) is 2.11. The van der Waals surface area contributed by atoms with Gasteiger partial charge in [0.05, 0.1) is 6.07 Å². The second-order valence-electron chi connectivity index (χ2n) is 6.62. The molecule has 28 heavy (non-hydrogen) atoms. The van der Waals surface area contributed by atoms with Crippen LogP contribution in [0.3, 0.4) is 0 Å². The number of hydrogen-bond donors (Lipinski definition) is 0. The molecule has 0 radical (unpaired) electrons. The van der Waals surface area contributed by atoms with E-state index in [4.69, 9.17) is 4.74 Å². The largest absolute Gasteiger partial charge is 0.416 e. The average molecular weight is 370 g/mol. The number of nitriles is 1. The van der Waals surface area contributed by atoms with Crippen LogP contribution in [0.1, 0.15) is 18.1 Å². The van der Waals surface area contributed by atoms with Gasteiger partial charge >= 0.3 is 6.09 Å². The van der Waals surface area contributed by atoms with Crippen molar-refractivity contribution < 1.29 is 9.53 Å². The molecule has 1 atom stereocenters. The van der Waals surface area contributed by atoms with Gasteiger partial charge in [-0.2, -0.15) is 5.26 Å². The molecule has 0 saturated heterocycles. The fourth-order valence-electron chi connectivity index (χ4n) is 3.07. The van der Waals surface area contributed by atoms with Crippen molar-refractivity contribution in [2.24, 2.45) is 0 Å². The monoisotopic (exact) mass is 370 g/mol. The summed E-state index contributed by atoms with van der Waals surface area (Å²) in [6, 6.07) is 30.4. The first-order valence-corrected chi connectivity index (χ1v) is 9.19. The smallest absolute Gasteiger partial charge is 0.410 e. The zero-order chi connectivity index (χ0) is 19.8. The van der Waals surface area contributed by atoms with Gasteiger partial charge < -0.3 is 4.74 Å². The highest BCUT2D eigenvalue weighted by molar-refractivity contribution is 5.72. The van der Waals surface area contributed by atoms with Crippen molar-refractivity contribution in [3.8, 4) is 11.8 Å². The molecule has 0 N–H and O–H groups in total. The third-order valence-electron chi connectivity index (χ3n) is 4.73. The second kappa shape index (κ2) is 8.88. The molecule has 4 heteroatoms. The number of hydrogen-bond acceptors (Lipinski definition) is 3. The van der Waals surface area contributed by atoms with E-state index in [-0.39, 0.29) is 0 Å². The Bertz CT molecular complexity index is 937. The van der Waals surface area contributed by atoms with Gasteiger partial charge in [-0.15, -0.1) is 0 Å². The molecule has 3 rings (SSSR count). The topological polar surface area (TPSA) is 53.3 Å². The molecule has 1 amide bonds. The number of rotatable bonds is 6. The first-order chi connectivity index (χ1) is 13.6. The SMILES string of the molecule is C[C@](C#N)(c1ccccc1)N(CCc1ccccc1)C(=O)Oc1ccccc1. The van der Waals surface area contributed by atoms with E-state index >= 15 is 0 Å². The van der Waals surface area contributed by atoms with Crippen LogP contribution >= 0.6 is 0 Å². The predicted molar refractivity (Wildman–Crippen MR) is 109 cm³/mol. The summed E-state index contributed by atoms with van der Waals surface area (Å²) < 4.78 is 5.57. The number of carbonyl (C=O) groups excluding carboxylic acids is 1. The maximum Gasteiger partial charge on any atom is 0.416 e. The van der Waals surface area contributed by atoms with Crippen LogP contribution in [-0.4, -0.2) is 17.5 Å². The summed E-state index contributed by atoms with van der Waals surface area (Å²) in [6.07, 6.45) is 0.0736. The van der Waals surface area contributed by atoms with Crippen LogP contribution in [0, 0.1) is 11.3 Å². The molecule has 0 spiro atoms. The minimum Gasteiger partial charge on any atom is -0.410 e. The standard InChI is InChI=1S/C24H22N2O2/c1-24(19-25,21-13-7-3-8-14-21)26(18-17-20-11-5-2-6-12-20)23(27)28-22-15-9-4-10-16-22/h2-16H,17-18H2,1H3/t24-/m0/s1. The van der Waals surface area contributed by atoms with E-state index in [0.29, 0.717) is 18.7 Å². The first-order valence-electron chi connectivity index (χ1n) is 9.19. The van der Waals surface area contributed by atoms with Gasteiger partial charge in [-0.1, -0.05) is 78.9 Å². The predicted octanol–water partition coefficient (Wildman–Crippen LogP) is 5.17. The quantitative estimate of drug-likeness (QED) is 0.601. The van der Waals surface area contributed by atoms with E-state index in [9.17, 15) is 10.1 Å². The number of para-hydroxylation sites is 1. The first kappa shape index (κ1) is 19.2. The van der Waals surface area contributed by atoms with Crippen LogP contribution in [0.2, 0.25) is 0 Å². The van der Waals surface area contributed by atoms with E-state index in [1.165, 1.54) is 4.90 Å². The Labute approximate surface area is 165 Å². The highest BCUT2D eigenvalue weighted by atomic mass is 16.6. The average Bonchev–Trinajstić information content (AvgIpc) is 2.75. The van der Waals surface area contributed by atoms with E-state index in [1.807, 2.05) is 66.7 Å². The van der Waals surface area contributed by atoms with Gasteiger partial charge in [0.2, 0.25) is 0 Å². The third kappa shape index (κ3) is 4.39. The lowest BCUT2D eigenvalue weighted by molar-refractivity contribution is 0.114. The summed E-state index contributed by atoms with van der Waals surface area (Å²) in [7, 11) is 0. The fraction of sp³-hybridized carbons (Fsp3) is 0.167. The number of benzene rings is 3. The van der Waals surface area contributed by atoms with Gasteiger partial charge in [0.1, 0.15) is 5.75 Å². The molecule has 0 heterocycles. The Hall–Kier alpha value is -3.58. The normalized spacial score (nSPS) is 12.4. The minimum atomic E-state index is -1.15. The number of ether oxygens (including phenoxy) is 1. The van der Waals surface area contributed by atoms with Crippen molar-refractivity contribution >= 4 is 6.09 Å². The van der Waals surface area contributed by atoms with Crippen molar-refractivity contribution in [2.75, 3.05) is 6.54 Å². The number of carbonyl (C=O) groups is 1. The molecule has 140 valence electrons. The van der Waals surface area contributed by atoms with Crippen LogP contribution in [0.25, 0.3) is 0 Å². The lowest BCUT2D eigenvalue weighted by Crippen LogP contribution is -2.49. The molecular weight excluding hydrogens is 348 g/mol. The minimum absolute atomic E-state index is 0.356. The molecule has 0 saturated carbocycles. The van der Waals surface area contributed by atoms with Gasteiger partial charge in [-0.05, 0) is 36.6 Å². The zero-order valence-corrected chi connectivity index (χ0v) is 15.8. The van der Waals surface area contributed by atoms with Crippen LogP contribution in [0.15, 0.2) is 91.0 Å². The van der Waals surface area contributed by atoms with Crippen LogP contribution in [0.4, 0.5) is 4.79 Å². The van der Waals surface area contributed by atoms with Crippen molar-refractivity contribution in [2.45, 2.75) is 18.9 Å². The summed E-state index contributed by atoms with van der Waals surface area (Å²) >= 11 is 0. The van der Waals surface area contributed by atoms with Gasteiger partial charge in [0, 0.05) is 6.54 Å². The Morgan fingerprint density at radius 1 is 0.929 bits per heavy atom. The lowest BCUT2D eigenvalue weighted by atomic mass is 9.91. The molecule has 0 aliphatic rings. The summed E-state index contributed by atoms with van der Waals surface area (Å²) in [5, 5.41) is 10.0. The fourth-order valence-corrected chi connectivity index (χ4v) is 3.07. The van der Waals surface area contributed by atoms with Crippen molar-refractivity contribution in [1.82, 2.24) is 4.90 Å². The lowest BCUT2D eigenvalue weighted by Gasteiger charge is -2.35. The summed E-state index contributed by atoms with van der Waals surface area (Å²) in [4.78, 5) is 14.6. The molecule has 0 aliphatic carbocycles. The maximum atomic E-state index is 13.1. The maximum absolute atomic E-state index is 13.1. The zero-order valence-electron chi connectivity index (χ0n) is 15.8. The van der Waals surface area contributed by atoms with E-state index in [0.717, 1.165) is 11.1 Å².